The van der Waals surface area contributed by atoms with E-state index in [2.05, 4.69) is 0 Å². The van der Waals surface area contributed by atoms with E-state index >= 15 is 0 Å². The second kappa shape index (κ2) is 3.81. The maximum absolute atomic E-state index is 9.45. The first-order chi connectivity index (χ1) is 6.76. The molecular formula is C10H10O2S2. The normalized spacial score (nSPS) is 11.0. The lowest BCUT2D eigenvalue weighted by Crippen LogP contribution is -1.81. The van der Waals surface area contributed by atoms with Crippen LogP contribution in [0.1, 0.15) is 5.56 Å². The number of rotatable bonds is 2. The zero-order valence-corrected chi connectivity index (χ0v) is 9.28. The van der Waals surface area contributed by atoms with Crippen LogP contribution in [0.5, 0.6) is 5.75 Å². The predicted molar refractivity (Wildman–Crippen MR) is 61.2 cm³/mol. The Morgan fingerprint density at radius 2 is 2.21 bits per heavy atom. The monoisotopic (exact) mass is 226 g/mol. The van der Waals surface area contributed by atoms with E-state index in [1.165, 1.54) is 0 Å². The first kappa shape index (κ1) is 9.83. The quantitative estimate of drug-likeness (QED) is 0.774. The molecule has 0 amide bonds. The molecule has 0 aliphatic rings. The number of benzene rings is 1. The number of hydrogen-bond acceptors (Lipinski definition) is 4. The van der Waals surface area contributed by atoms with Crippen LogP contribution in [0.15, 0.2) is 22.4 Å². The molecule has 4 heteroatoms. The summed E-state index contributed by atoms with van der Waals surface area (Å²) in [6.45, 7) is 0.0539. The third kappa shape index (κ3) is 1.49. The van der Waals surface area contributed by atoms with Crippen molar-refractivity contribution in [2.45, 2.75) is 11.5 Å². The van der Waals surface area contributed by atoms with E-state index in [0.717, 1.165) is 20.5 Å². The molecule has 2 aromatic rings. The van der Waals surface area contributed by atoms with Crippen molar-refractivity contribution >= 4 is 33.2 Å². The minimum absolute atomic E-state index is 0.0539. The molecule has 1 heterocycles. The zero-order valence-electron chi connectivity index (χ0n) is 7.65. The van der Waals surface area contributed by atoms with Gasteiger partial charge >= 0.3 is 0 Å². The molecule has 0 radical (unpaired) electrons. The van der Waals surface area contributed by atoms with E-state index in [1.54, 1.807) is 35.2 Å². The summed E-state index contributed by atoms with van der Waals surface area (Å²) in [7, 11) is 0. The Labute approximate surface area is 90.2 Å². The van der Waals surface area contributed by atoms with Crippen LogP contribution >= 0.6 is 23.1 Å². The summed E-state index contributed by atoms with van der Waals surface area (Å²) in [6.07, 6.45) is 1.97. The molecular weight excluding hydrogens is 216 g/mol. The molecule has 74 valence electrons. The molecule has 0 unspecified atom stereocenters. The van der Waals surface area contributed by atoms with E-state index in [0.29, 0.717) is 0 Å². The Morgan fingerprint density at radius 1 is 1.43 bits per heavy atom. The summed E-state index contributed by atoms with van der Waals surface area (Å²) < 4.78 is 1.03. The van der Waals surface area contributed by atoms with Gasteiger partial charge in [-0.15, -0.1) is 23.1 Å². The van der Waals surface area contributed by atoms with Crippen molar-refractivity contribution in [1.29, 1.82) is 0 Å². The summed E-state index contributed by atoms with van der Waals surface area (Å²) in [4.78, 5) is 1.02. The lowest BCUT2D eigenvalue weighted by Gasteiger charge is -2.02. The van der Waals surface area contributed by atoms with E-state index in [-0.39, 0.29) is 12.4 Å². The number of fused-ring (bicyclic) bond motifs is 1. The van der Waals surface area contributed by atoms with E-state index in [1.807, 2.05) is 11.6 Å². The van der Waals surface area contributed by atoms with Crippen LogP contribution in [0.25, 0.3) is 10.1 Å². The average molecular weight is 226 g/mol. The van der Waals surface area contributed by atoms with Crippen molar-refractivity contribution in [3.63, 3.8) is 0 Å². The SMILES string of the molecule is CSc1cc(O)cc2scc(CO)c12. The van der Waals surface area contributed by atoms with Crippen molar-refractivity contribution in [3.05, 3.63) is 23.1 Å². The van der Waals surface area contributed by atoms with Crippen molar-refractivity contribution in [2.24, 2.45) is 0 Å². The first-order valence-electron chi connectivity index (χ1n) is 4.14. The first-order valence-corrected chi connectivity index (χ1v) is 6.24. The number of thiophene rings is 1. The Morgan fingerprint density at radius 3 is 2.86 bits per heavy atom. The van der Waals surface area contributed by atoms with Gasteiger partial charge in [-0.1, -0.05) is 0 Å². The molecule has 0 bridgehead atoms. The molecule has 0 saturated heterocycles. The predicted octanol–water partition coefficient (Wildman–Crippen LogP) is 2.82. The number of thioether (sulfide) groups is 1. The molecule has 0 atom stereocenters. The maximum Gasteiger partial charge on any atom is 0.118 e. The Balaban J connectivity index is 2.78. The van der Waals surface area contributed by atoms with Crippen LogP contribution in [0.2, 0.25) is 0 Å². The summed E-state index contributed by atoms with van der Waals surface area (Å²) in [5.41, 5.74) is 0.939. The van der Waals surface area contributed by atoms with Crippen LogP contribution < -0.4 is 0 Å². The van der Waals surface area contributed by atoms with Crippen molar-refractivity contribution in [3.8, 4) is 5.75 Å². The van der Waals surface area contributed by atoms with Gasteiger partial charge in [-0.05, 0) is 29.3 Å². The second-order valence-electron chi connectivity index (χ2n) is 2.94. The van der Waals surface area contributed by atoms with Crippen molar-refractivity contribution < 1.29 is 10.2 Å². The highest BCUT2D eigenvalue weighted by atomic mass is 32.2. The fraction of sp³-hybridized carbons (Fsp3) is 0.200. The van der Waals surface area contributed by atoms with Gasteiger partial charge in [0.15, 0.2) is 0 Å². The summed E-state index contributed by atoms with van der Waals surface area (Å²) in [5, 5.41) is 21.6. The number of aliphatic hydroxyl groups is 1. The third-order valence-electron chi connectivity index (χ3n) is 2.09. The second-order valence-corrected chi connectivity index (χ2v) is 4.70. The number of aliphatic hydroxyl groups excluding tert-OH is 1. The number of phenolic OH excluding ortho intramolecular Hbond substituents is 1. The minimum atomic E-state index is 0.0539. The molecule has 2 nitrogen and oxygen atoms in total. The van der Waals surface area contributed by atoms with Gasteiger partial charge in [-0.3, -0.25) is 0 Å². The highest BCUT2D eigenvalue weighted by Gasteiger charge is 2.09. The van der Waals surface area contributed by atoms with Gasteiger partial charge in [0.05, 0.1) is 6.61 Å². The van der Waals surface area contributed by atoms with Crippen LogP contribution in [0, 0.1) is 0 Å². The van der Waals surface area contributed by atoms with Gasteiger partial charge in [-0.25, -0.2) is 0 Å². The van der Waals surface area contributed by atoms with Gasteiger partial charge in [0.25, 0.3) is 0 Å². The molecule has 1 aromatic carbocycles. The zero-order chi connectivity index (χ0) is 10.1. The standard InChI is InChI=1S/C10H10O2S2/c1-13-8-2-7(12)3-9-10(8)6(4-11)5-14-9/h2-3,5,11-12H,4H2,1H3. The van der Waals surface area contributed by atoms with Gasteiger partial charge in [0.2, 0.25) is 0 Å². The Kier molecular flexibility index (Phi) is 2.67. The van der Waals surface area contributed by atoms with Gasteiger partial charge in [-0.2, -0.15) is 0 Å². The molecule has 0 spiro atoms. The van der Waals surface area contributed by atoms with E-state index < -0.39 is 0 Å². The van der Waals surface area contributed by atoms with Gasteiger partial charge in [0.1, 0.15) is 5.75 Å². The Hall–Kier alpha value is -0.710. The molecule has 2 rings (SSSR count). The molecule has 1 aromatic heterocycles. The fourth-order valence-electron chi connectivity index (χ4n) is 1.46. The van der Waals surface area contributed by atoms with Crippen molar-refractivity contribution in [1.82, 2.24) is 0 Å². The maximum atomic E-state index is 9.45. The van der Waals surface area contributed by atoms with Gasteiger partial charge < -0.3 is 10.2 Å². The molecule has 14 heavy (non-hydrogen) atoms. The molecule has 2 N–H and O–H groups in total. The lowest BCUT2D eigenvalue weighted by molar-refractivity contribution is 0.283. The summed E-state index contributed by atoms with van der Waals surface area (Å²) in [6, 6.07) is 3.47. The summed E-state index contributed by atoms with van der Waals surface area (Å²) in [5.74, 6) is 0.285. The third-order valence-corrected chi connectivity index (χ3v) is 3.83. The highest BCUT2D eigenvalue weighted by Crippen LogP contribution is 2.36. The van der Waals surface area contributed by atoms with E-state index in [9.17, 15) is 5.11 Å². The van der Waals surface area contributed by atoms with E-state index in [4.69, 9.17) is 5.11 Å². The highest BCUT2D eigenvalue weighted by molar-refractivity contribution is 7.98. The van der Waals surface area contributed by atoms with Crippen LogP contribution in [-0.2, 0) is 6.61 Å². The molecule has 0 aliphatic carbocycles. The number of hydrogen-bond donors (Lipinski definition) is 2. The number of phenols is 1. The molecule has 0 aliphatic heterocycles. The largest absolute Gasteiger partial charge is 0.508 e. The van der Waals surface area contributed by atoms with Crippen LogP contribution in [-0.4, -0.2) is 16.5 Å². The molecule has 0 fully saturated rings. The smallest absolute Gasteiger partial charge is 0.118 e. The fourth-order valence-corrected chi connectivity index (χ4v) is 3.21. The van der Waals surface area contributed by atoms with Gasteiger partial charge in [0, 0.05) is 15.0 Å². The Bertz CT molecular complexity index is 462. The van der Waals surface area contributed by atoms with Crippen LogP contribution in [0.3, 0.4) is 0 Å². The molecule has 0 saturated carbocycles. The summed E-state index contributed by atoms with van der Waals surface area (Å²) >= 11 is 3.13. The topological polar surface area (TPSA) is 40.5 Å². The van der Waals surface area contributed by atoms with Crippen LogP contribution in [0.4, 0.5) is 0 Å². The minimum Gasteiger partial charge on any atom is -0.508 e. The average Bonchev–Trinajstić information content (AvgIpc) is 2.59. The number of aromatic hydroxyl groups is 1. The van der Waals surface area contributed by atoms with Crippen molar-refractivity contribution in [2.75, 3.05) is 6.26 Å². The lowest BCUT2D eigenvalue weighted by atomic mass is 10.2.